The number of aromatic amines is 1. The van der Waals surface area contributed by atoms with Gasteiger partial charge in [-0.25, -0.2) is 0 Å². The van der Waals surface area contributed by atoms with E-state index in [0.29, 0.717) is 11.4 Å². The van der Waals surface area contributed by atoms with Gasteiger partial charge in [0, 0.05) is 16.6 Å². The number of aromatic nitrogens is 1. The fourth-order valence-electron chi connectivity index (χ4n) is 2.38. The maximum Gasteiger partial charge on any atom is 0.271 e. The fraction of sp³-hybridized carbons (Fsp3) is 0.214. The van der Waals surface area contributed by atoms with Crippen molar-refractivity contribution in [1.29, 1.82) is 0 Å². The number of imide groups is 1. The van der Waals surface area contributed by atoms with E-state index in [0.717, 1.165) is 10.9 Å². The first-order valence-corrected chi connectivity index (χ1v) is 6.48. The second kappa shape index (κ2) is 4.62. The Hall–Kier alpha value is -2.83. The zero-order valence-electron chi connectivity index (χ0n) is 11.3. The lowest BCUT2D eigenvalue weighted by molar-refractivity contribution is -0.138. The molecule has 1 unspecified atom stereocenters. The van der Waals surface area contributed by atoms with Crippen LogP contribution in [-0.4, -0.2) is 40.2 Å². The van der Waals surface area contributed by atoms with Crippen LogP contribution in [0.5, 0.6) is 0 Å². The molecule has 0 radical (unpaired) electrons. The first kappa shape index (κ1) is 13.2. The van der Waals surface area contributed by atoms with Crippen LogP contribution in [0.1, 0.15) is 17.4 Å². The molecule has 1 aliphatic rings. The molecule has 0 bridgehead atoms. The molecule has 2 aromatic rings. The molecule has 0 aliphatic carbocycles. The van der Waals surface area contributed by atoms with Crippen molar-refractivity contribution >= 4 is 34.3 Å². The Bertz CT molecular complexity index is 765. The van der Waals surface area contributed by atoms with Crippen molar-refractivity contribution in [2.45, 2.75) is 13.0 Å². The minimum Gasteiger partial charge on any atom is -0.399 e. The molecular formula is C14H14N4O3. The smallest absolute Gasteiger partial charge is 0.271 e. The third-order valence-corrected chi connectivity index (χ3v) is 3.56. The Balaban J connectivity index is 1.95. The van der Waals surface area contributed by atoms with Crippen molar-refractivity contribution in [2.75, 3.05) is 12.3 Å². The van der Waals surface area contributed by atoms with Crippen LogP contribution in [0.25, 0.3) is 10.9 Å². The van der Waals surface area contributed by atoms with Gasteiger partial charge in [-0.1, -0.05) is 0 Å². The second-order valence-corrected chi connectivity index (χ2v) is 5.05. The van der Waals surface area contributed by atoms with E-state index in [1.165, 1.54) is 4.90 Å². The van der Waals surface area contributed by atoms with E-state index in [-0.39, 0.29) is 12.5 Å². The summed E-state index contributed by atoms with van der Waals surface area (Å²) in [6.45, 7) is 1.45. The van der Waals surface area contributed by atoms with Crippen molar-refractivity contribution in [1.82, 2.24) is 15.2 Å². The average Bonchev–Trinajstić information content (AvgIpc) is 2.85. The molecule has 7 nitrogen and oxygen atoms in total. The predicted octanol–water partition coefficient (Wildman–Crippen LogP) is 0.237. The maximum atomic E-state index is 12.5. The summed E-state index contributed by atoms with van der Waals surface area (Å²) >= 11 is 0. The summed E-state index contributed by atoms with van der Waals surface area (Å²) in [4.78, 5) is 39.8. The molecule has 1 saturated heterocycles. The van der Waals surface area contributed by atoms with E-state index in [9.17, 15) is 14.4 Å². The van der Waals surface area contributed by atoms with Crippen LogP contribution in [0.3, 0.4) is 0 Å². The molecule has 1 atom stereocenters. The van der Waals surface area contributed by atoms with Crippen LogP contribution < -0.4 is 11.1 Å². The molecule has 21 heavy (non-hydrogen) atoms. The highest BCUT2D eigenvalue weighted by molar-refractivity contribution is 6.07. The van der Waals surface area contributed by atoms with Gasteiger partial charge in [-0.05, 0) is 31.2 Å². The highest BCUT2D eigenvalue weighted by atomic mass is 16.2. The molecule has 0 saturated carbocycles. The van der Waals surface area contributed by atoms with Gasteiger partial charge in [-0.2, -0.15) is 0 Å². The van der Waals surface area contributed by atoms with Gasteiger partial charge in [-0.15, -0.1) is 0 Å². The standard InChI is InChI=1S/C14H14N4O3/c1-7-13(20)17-12(19)6-18(7)14(21)11-5-8-4-9(15)2-3-10(8)16-11/h2-5,7,16H,6,15H2,1H3,(H,17,19,20). The number of hydrogen-bond acceptors (Lipinski definition) is 4. The molecule has 0 spiro atoms. The van der Waals surface area contributed by atoms with Crippen molar-refractivity contribution in [2.24, 2.45) is 0 Å². The Morgan fingerprint density at radius 3 is 2.86 bits per heavy atom. The molecule has 3 amide bonds. The largest absolute Gasteiger partial charge is 0.399 e. The van der Waals surface area contributed by atoms with Gasteiger partial charge in [0.15, 0.2) is 0 Å². The lowest BCUT2D eigenvalue weighted by Crippen LogP contribution is -2.58. The number of anilines is 1. The topological polar surface area (TPSA) is 108 Å². The van der Waals surface area contributed by atoms with E-state index in [2.05, 4.69) is 10.3 Å². The number of rotatable bonds is 1. The number of carbonyl (C=O) groups is 3. The van der Waals surface area contributed by atoms with Crippen molar-refractivity contribution < 1.29 is 14.4 Å². The summed E-state index contributed by atoms with van der Waals surface area (Å²) in [6.07, 6.45) is 0. The Morgan fingerprint density at radius 1 is 1.33 bits per heavy atom. The van der Waals surface area contributed by atoms with Crippen LogP contribution in [-0.2, 0) is 9.59 Å². The molecule has 1 fully saturated rings. The zero-order valence-corrected chi connectivity index (χ0v) is 11.3. The van der Waals surface area contributed by atoms with E-state index in [1.54, 1.807) is 31.2 Å². The molecule has 4 N–H and O–H groups in total. The number of amides is 3. The molecule has 7 heteroatoms. The van der Waals surface area contributed by atoms with E-state index in [1.807, 2.05) is 0 Å². The number of carbonyl (C=O) groups excluding carboxylic acids is 3. The number of nitrogens with two attached hydrogens (primary N) is 1. The monoisotopic (exact) mass is 286 g/mol. The number of benzene rings is 1. The summed E-state index contributed by atoms with van der Waals surface area (Å²) in [5, 5.41) is 3.01. The van der Waals surface area contributed by atoms with Gasteiger partial charge in [0.05, 0.1) is 0 Å². The van der Waals surface area contributed by atoms with E-state index in [4.69, 9.17) is 5.73 Å². The van der Waals surface area contributed by atoms with Gasteiger partial charge >= 0.3 is 0 Å². The third-order valence-electron chi connectivity index (χ3n) is 3.56. The quantitative estimate of drug-likeness (QED) is 0.515. The minimum atomic E-state index is -0.688. The van der Waals surface area contributed by atoms with Crippen LogP contribution in [0.15, 0.2) is 24.3 Å². The van der Waals surface area contributed by atoms with Crippen LogP contribution in [0, 0.1) is 0 Å². The summed E-state index contributed by atoms with van der Waals surface area (Å²) < 4.78 is 0. The van der Waals surface area contributed by atoms with Crippen LogP contribution in [0.2, 0.25) is 0 Å². The van der Waals surface area contributed by atoms with Crippen molar-refractivity contribution in [3.63, 3.8) is 0 Å². The summed E-state index contributed by atoms with van der Waals surface area (Å²) in [6, 6.07) is 6.23. The average molecular weight is 286 g/mol. The molecule has 108 valence electrons. The minimum absolute atomic E-state index is 0.136. The Kier molecular flexibility index (Phi) is 2.90. The van der Waals surface area contributed by atoms with Crippen molar-refractivity contribution in [3.8, 4) is 0 Å². The molecule has 2 heterocycles. The normalized spacial score (nSPS) is 18.9. The lowest BCUT2D eigenvalue weighted by Gasteiger charge is -2.31. The highest BCUT2D eigenvalue weighted by Crippen LogP contribution is 2.20. The van der Waals surface area contributed by atoms with Gasteiger partial charge in [-0.3, -0.25) is 19.7 Å². The molecule has 3 rings (SSSR count). The van der Waals surface area contributed by atoms with Crippen molar-refractivity contribution in [3.05, 3.63) is 30.0 Å². The number of hydrogen-bond donors (Lipinski definition) is 3. The van der Waals surface area contributed by atoms with Gasteiger partial charge in [0.1, 0.15) is 18.3 Å². The second-order valence-electron chi connectivity index (χ2n) is 5.05. The van der Waals surface area contributed by atoms with Crippen LogP contribution in [0.4, 0.5) is 5.69 Å². The molecular weight excluding hydrogens is 272 g/mol. The first-order chi connectivity index (χ1) is 9.95. The maximum absolute atomic E-state index is 12.5. The summed E-state index contributed by atoms with van der Waals surface area (Å²) in [5.74, 6) is -1.34. The SMILES string of the molecule is CC1C(=O)NC(=O)CN1C(=O)c1cc2cc(N)ccc2[nH]1. The molecule has 1 aliphatic heterocycles. The number of fused-ring (bicyclic) bond motifs is 1. The number of nitrogens with zero attached hydrogens (tertiary/aromatic N) is 1. The van der Waals surface area contributed by atoms with Gasteiger partial charge in [0.25, 0.3) is 5.91 Å². The summed E-state index contributed by atoms with van der Waals surface area (Å²) in [5.41, 5.74) is 7.40. The van der Waals surface area contributed by atoms with E-state index < -0.39 is 17.9 Å². The highest BCUT2D eigenvalue weighted by Gasteiger charge is 2.34. The lowest BCUT2D eigenvalue weighted by atomic mass is 10.2. The Morgan fingerprint density at radius 2 is 2.10 bits per heavy atom. The third kappa shape index (κ3) is 2.22. The van der Waals surface area contributed by atoms with Gasteiger partial charge in [0.2, 0.25) is 11.8 Å². The fourth-order valence-corrected chi connectivity index (χ4v) is 2.38. The molecule has 1 aromatic heterocycles. The Labute approximate surface area is 120 Å². The van der Waals surface area contributed by atoms with Gasteiger partial charge < -0.3 is 15.6 Å². The first-order valence-electron chi connectivity index (χ1n) is 6.48. The number of piperazine rings is 1. The number of nitrogen functional groups attached to an aromatic ring is 1. The zero-order chi connectivity index (χ0) is 15.1. The number of H-pyrrole nitrogens is 1. The summed E-state index contributed by atoms with van der Waals surface area (Å²) in [7, 11) is 0. The van der Waals surface area contributed by atoms with Crippen LogP contribution >= 0.6 is 0 Å². The van der Waals surface area contributed by atoms with E-state index >= 15 is 0 Å². The number of nitrogens with one attached hydrogen (secondary N) is 2. The predicted molar refractivity (Wildman–Crippen MR) is 76.4 cm³/mol. The molecule has 1 aromatic carbocycles.